The van der Waals surface area contributed by atoms with Gasteiger partial charge in [-0.1, -0.05) is 11.6 Å². The van der Waals surface area contributed by atoms with Crippen LogP contribution < -0.4 is 10.1 Å². The van der Waals surface area contributed by atoms with E-state index in [0.29, 0.717) is 22.3 Å². The number of benzene rings is 1. The molecule has 0 aliphatic carbocycles. The highest BCUT2D eigenvalue weighted by molar-refractivity contribution is 6.30. The lowest BCUT2D eigenvalue weighted by Crippen LogP contribution is -1.96. The number of halogens is 2. The molecular formula is C12H10ClFN2O. The molecule has 0 saturated heterocycles. The molecule has 2 aromatic rings. The van der Waals surface area contributed by atoms with Gasteiger partial charge in [-0.2, -0.15) is 0 Å². The molecule has 0 atom stereocenters. The fourth-order valence-corrected chi connectivity index (χ4v) is 1.47. The maximum atomic E-state index is 13.0. The Balaban J connectivity index is 2.26. The lowest BCUT2D eigenvalue weighted by molar-refractivity contribution is 0.413. The topological polar surface area (TPSA) is 34.1 Å². The first-order chi connectivity index (χ1) is 8.19. The molecule has 1 N–H and O–H groups in total. The van der Waals surface area contributed by atoms with E-state index in [-0.39, 0.29) is 5.82 Å². The fourth-order valence-electron chi connectivity index (χ4n) is 1.36. The number of anilines is 2. The molecule has 0 bridgehead atoms. The molecule has 0 fully saturated rings. The molecule has 3 nitrogen and oxygen atoms in total. The van der Waals surface area contributed by atoms with Crippen LogP contribution in [0.4, 0.5) is 15.9 Å². The summed E-state index contributed by atoms with van der Waals surface area (Å²) in [6, 6.07) is 7.68. The highest BCUT2D eigenvalue weighted by atomic mass is 35.5. The number of rotatable bonds is 3. The van der Waals surface area contributed by atoms with Gasteiger partial charge in [0.1, 0.15) is 17.4 Å². The number of nitrogens with zero attached hydrogens (tertiary/aromatic N) is 1. The molecule has 1 aromatic carbocycles. The first kappa shape index (κ1) is 11.7. The maximum Gasteiger partial charge on any atom is 0.145 e. The molecule has 5 heteroatoms. The molecule has 0 aliphatic rings. The Morgan fingerprint density at radius 1 is 1.29 bits per heavy atom. The van der Waals surface area contributed by atoms with Crippen molar-refractivity contribution in [2.45, 2.75) is 0 Å². The van der Waals surface area contributed by atoms with Crippen LogP contribution in [0.25, 0.3) is 0 Å². The summed E-state index contributed by atoms with van der Waals surface area (Å²) in [7, 11) is 1.48. The van der Waals surface area contributed by atoms with Gasteiger partial charge in [0, 0.05) is 12.3 Å². The van der Waals surface area contributed by atoms with Crippen LogP contribution in [0.2, 0.25) is 5.02 Å². The summed E-state index contributed by atoms with van der Waals surface area (Å²) in [6.07, 6.45) is 1.53. The number of aromatic nitrogens is 1. The number of ether oxygens (including phenoxy) is 1. The normalized spacial score (nSPS) is 10.1. The molecule has 1 aromatic heterocycles. The van der Waals surface area contributed by atoms with Crippen LogP contribution >= 0.6 is 11.6 Å². The second-order valence-corrected chi connectivity index (χ2v) is 3.77. The molecule has 0 amide bonds. The smallest absolute Gasteiger partial charge is 0.145 e. The van der Waals surface area contributed by atoms with Crippen LogP contribution in [0.3, 0.4) is 0 Å². The van der Waals surface area contributed by atoms with Crippen molar-refractivity contribution in [3.8, 4) is 5.75 Å². The van der Waals surface area contributed by atoms with E-state index in [2.05, 4.69) is 10.3 Å². The summed E-state index contributed by atoms with van der Waals surface area (Å²) in [4.78, 5) is 4.08. The highest BCUT2D eigenvalue weighted by Gasteiger charge is 2.05. The first-order valence-electron chi connectivity index (χ1n) is 4.91. The molecule has 0 saturated carbocycles. The van der Waals surface area contributed by atoms with Crippen molar-refractivity contribution in [1.29, 1.82) is 0 Å². The van der Waals surface area contributed by atoms with Crippen LogP contribution in [0.5, 0.6) is 5.75 Å². The zero-order valence-corrected chi connectivity index (χ0v) is 9.83. The number of methoxy groups -OCH3 is 1. The Morgan fingerprint density at radius 3 is 2.76 bits per heavy atom. The third-order valence-electron chi connectivity index (χ3n) is 2.15. The Bertz CT molecular complexity index is 516. The summed E-state index contributed by atoms with van der Waals surface area (Å²) in [5, 5.41) is 3.57. The molecule has 17 heavy (non-hydrogen) atoms. The Labute approximate surface area is 103 Å². The van der Waals surface area contributed by atoms with Gasteiger partial charge in [-0.25, -0.2) is 9.37 Å². The summed E-state index contributed by atoms with van der Waals surface area (Å²) < 4.78 is 18.1. The Kier molecular flexibility index (Phi) is 3.44. The molecular weight excluding hydrogens is 243 g/mol. The van der Waals surface area contributed by atoms with Crippen molar-refractivity contribution < 1.29 is 9.13 Å². The highest BCUT2D eigenvalue weighted by Crippen LogP contribution is 2.27. The molecule has 0 radical (unpaired) electrons. The standard InChI is InChI=1S/C12H10ClFN2O/c1-17-11-6-9(14)3-4-10(11)16-12-5-2-8(13)7-15-12/h2-7H,1H3,(H,15,16). The van der Waals surface area contributed by atoms with Gasteiger partial charge in [0.25, 0.3) is 0 Å². The molecule has 2 rings (SSSR count). The first-order valence-corrected chi connectivity index (χ1v) is 5.29. The SMILES string of the molecule is COc1cc(F)ccc1Nc1ccc(Cl)cn1. The van der Waals surface area contributed by atoms with E-state index in [9.17, 15) is 4.39 Å². The number of hydrogen-bond donors (Lipinski definition) is 1. The van der Waals surface area contributed by atoms with Gasteiger partial charge < -0.3 is 10.1 Å². The van der Waals surface area contributed by atoms with Crippen LogP contribution in [0.15, 0.2) is 36.5 Å². The Morgan fingerprint density at radius 2 is 2.12 bits per heavy atom. The minimum absolute atomic E-state index is 0.350. The van der Waals surface area contributed by atoms with E-state index in [0.717, 1.165) is 0 Å². The van der Waals surface area contributed by atoms with E-state index >= 15 is 0 Å². The van der Waals surface area contributed by atoms with Gasteiger partial charge in [0.15, 0.2) is 0 Å². The lowest BCUT2D eigenvalue weighted by Gasteiger charge is -2.10. The van der Waals surface area contributed by atoms with Crippen molar-refractivity contribution in [3.05, 3.63) is 47.4 Å². The zero-order chi connectivity index (χ0) is 12.3. The number of hydrogen-bond acceptors (Lipinski definition) is 3. The zero-order valence-electron chi connectivity index (χ0n) is 9.08. The minimum atomic E-state index is -0.350. The quantitative estimate of drug-likeness (QED) is 0.906. The summed E-state index contributed by atoms with van der Waals surface area (Å²) in [5.41, 5.74) is 0.642. The predicted molar refractivity (Wildman–Crippen MR) is 65.5 cm³/mol. The fraction of sp³-hybridized carbons (Fsp3) is 0.0833. The maximum absolute atomic E-state index is 13.0. The third-order valence-corrected chi connectivity index (χ3v) is 2.38. The molecule has 0 aliphatic heterocycles. The molecule has 1 heterocycles. The predicted octanol–water partition coefficient (Wildman–Crippen LogP) is 3.63. The second-order valence-electron chi connectivity index (χ2n) is 3.33. The van der Waals surface area contributed by atoms with Gasteiger partial charge >= 0.3 is 0 Å². The molecule has 0 spiro atoms. The number of nitrogens with one attached hydrogen (secondary N) is 1. The van der Waals surface area contributed by atoms with Crippen molar-refractivity contribution >= 4 is 23.1 Å². The largest absolute Gasteiger partial charge is 0.494 e. The van der Waals surface area contributed by atoms with Gasteiger partial charge in [-0.05, 0) is 24.3 Å². The van der Waals surface area contributed by atoms with E-state index in [1.807, 2.05) is 0 Å². The van der Waals surface area contributed by atoms with Gasteiger partial charge in [0.2, 0.25) is 0 Å². The average Bonchev–Trinajstić information content (AvgIpc) is 2.34. The average molecular weight is 253 g/mol. The number of pyridine rings is 1. The third kappa shape index (κ3) is 2.85. The van der Waals surface area contributed by atoms with Crippen LogP contribution in [0.1, 0.15) is 0 Å². The summed E-state index contributed by atoms with van der Waals surface area (Å²) in [6.45, 7) is 0. The van der Waals surface area contributed by atoms with Crippen molar-refractivity contribution in [2.75, 3.05) is 12.4 Å². The molecule has 0 unspecified atom stereocenters. The van der Waals surface area contributed by atoms with Crippen molar-refractivity contribution in [1.82, 2.24) is 4.98 Å². The second kappa shape index (κ2) is 5.01. The Hall–Kier alpha value is -1.81. The van der Waals surface area contributed by atoms with Gasteiger partial charge in [-0.15, -0.1) is 0 Å². The van der Waals surface area contributed by atoms with Crippen molar-refractivity contribution in [3.63, 3.8) is 0 Å². The van der Waals surface area contributed by atoms with Gasteiger partial charge in [0.05, 0.1) is 17.8 Å². The van der Waals surface area contributed by atoms with Gasteiger partial charge in [-0.3, -0.25) is 0 Å². The van der Waals surface area contributed by atoms with E-state index in [1.54, 1.807) is 18.2 Å². The molecule has 88 valence electrons. The van der Waals surface area contributed by atoms with Crippen LogP contribution in [-0.4, -0.2) is 12.1 Å². The van der Waals surface area contributed by atoms with E-state index < -0.39 is 0 Å². The summed E-state index contributed by atoms with van der Waals surface area (Å²) >= 11 is 5.73. The van der Waals surface area contributed by atoms with E-state index in [1.165, 1.54) is 25.4 Å². The van der Waals surface area contributed by atoms with Crippen molar-refractivity contribution in [2.24, 2.45) is 0 Å². The minimum Gasteiger partial charge on any atom is -0.494 e. The van der Waals surface area contributed by atoms with E-state index in [4.69, 9.17) is 16.3 Å². The summed E-state index contributed by atoms with van der Waals surface area (Å²) in [5.74, 6) is 0.678. The monoisotopic (exact) mass is 252 g/mol. The van der Waals surface area contributed by atoms with Crippen LogP contribution in [0, 0.1) is 5.82 Å². The van der Waals surface area contributed by atoms with Crippen LogP contribution in [-0.2, 0) is 0 Å². The lowest BCUT2D eigenvalue weighted by atomic mass is 10.3.